The molecule has 0 radical (unpaired) electrons. The minimum Gasteiger partial charge on any atom is -0.462 e. The molecule has 394 valence electrons. The Kier molecular flexibility index (Phi) is 17.1. The third-order valence-corrected chi connectivity index (χ3v) is 17.5. The molecular formula is C52H79NO16S. The molecule has 1 aliphatic carbocycles. The summed E-state index contributed by atoms with van der Waals surface area (Å²) >= 11 is 0. The Balaban J connectivity index is 1.03. The summed E-state index contributed by atoms with van der Waals surface area (Å²) in [5.74, 6) is -2.70. The maximum Gasteiger partial charge on any atom is 0.338 e. The average molecular weight is 1010 g/mol. The number of aliphatic hydroxyl groups is 2. The van der Waals surface area contributed by atoms with Crippen LogP contribution < -0.4 is 0 Å². The quantitative estimate of drug-likeness (QED) is 0.188. The highest BCUT2D eigenvalue weighted by molar-refractivity contribution is 7.84. The Morgan fingerprint density at radius 3 is 2.24 bits per heavy atom. The summed E-state index contributed by atoms with van der Waals surface area (Å²) in [4.78, 5) is 14.4. The van der Waals surface area contributed by atoms with Gasteiger partial charge in [0.25, 0.3) is 0 Å². The second-order valence-electron chi connectivity index (χ2n) is 21.1. The molecule has 0 aromatic rings. The van der Waals surface area contributed by atoms with Gasteiger partial charge in [-0.3, -0.25) is 4.79 Å². The lowest BCUT2D eigenvalue weighted by Gasteiger charge is -2.48. The van der Waals surface area contributed by atoms with E-state index in [0.29, 0.717) is 43.5 Å². The Bertz CT molecular complexity index is 2110. The molecule has 1 unspecified atom stereocenters. The van der Waals surface area contributed by atoms with Crippen LogP contribution in [0.15, 0.2) is 59.3 Å². The average Bonchev–Trinajstić information content (AvgIpc) is 4.00. The minimum absolute atomic E-state index is 0.0123. The van der Waals surface area contributed by atoms with E-state index in [-0.39, 0.29) is 43.3 Å². The molecule has 7 heterocycles. The van der Waals surface area contributed by atoms with Crippen molar-refractivity contribution in [1.29, 1.82) is 0 Å². The van der Waals surface area contributed by atoms with Crippen LogP contribution in [0.25, 0.3) is 0 Å². The molecule has 2 N–H and O–H groups in total. The molecule has 20 atom stereocenters. The second kappa shape index (κ2) is 22.2. The van der Waals surface area contributed by atoms with Crippen molar-refractivity contribution in [3.05, 3.63) is 59.3 Å². The summed E-state index contributed by atoms with van der Waals surface area (Å²) in [5, 5.41) is 23.8. The molecule has 18 heteroatoms. The summed E-state index contributed by atoms with van der Waals surface area (Å²) in [6.07, 6.45) is 8.68. The van der Waals surface area contributed by atoms with Gasteiger partial charge in [0.1, 0.15) is 42.0 Å². The maximum atomic E-state index is 14.4. The SMILES string of the molecule is CCC(C)[C@H]1O[C@]2(C=C[C@@H]1C)C[C@@H]1C[C@@H](C/C=C(\C)[C@@H](O[C@H]3C[C@H](OC)[C@@H](O[C@H]4C[C@H](OC)[C@@H](OS(=O)(=O)N5CCCC5)[C@H](C)O4)[C@H](C)O3)[C@@H](C)/C=C/C=C3\CO[C@@H]4[C@H](O)C(C)=C[C@@H](C(=O)O1)[C@]34O)O2. The third kappa shape index (κ3) is 11.2. The highest BCUT2D eigenvalue weighted by atomic mass is 32.2. The first kappa shape index (κ1) is 53.9. The molecule has 8 aliphatic rings. The molecule has 17 nitrogen and oxygen atoms in total. The van der Waals surface area contributed by atoms with Crippen molar-refractivity contribution < 1.29 is 75.0 Å². The van der Waals surface area contributed by atoms with Crippen molar-refractivity contribution in [2.45, 2.75) is 204 Å². The van der Waals surface area contributed by atoms with Crippen LogP contribution in [-0.4, -0.2) is 160 Å². The Morgan fingerprint density at radius 2 is 1.56 bits per heavy atom. The van der Waals surface area contributed by atoms with Gasteiger partial charge < -0.3 is 57.6 Å². The Morgan fingerprint density at radius 1 is 0.886 bits per heavy atom. The smallest absolute Gasteiger partial charge is 0.338 e. The van der Waals surface area contributed by atoms with Crippen LogP contribution in [0.5, 0.6) is 0 Å². The Hall–Kier alpha value is -2.40. The fraction of sp³-hybridized carbons (Fsp3) is 0.788. The zero-order valence-corrected chi connectivity index (χ0v) is 43.5. The number of ether oxygens (including phenoxy) is 10. The number of esters is 1. The van der Waals surface area contributed by atoms with Gasteiger partial charge in [-0.1, -0.05) is 70.6 Å². The van der Waals surface area contributed by atoms with Gasteiger partial charge in [-0.05, 0) is 75.7 Å². The predicted octanol–water partition coefficient (Wildman–Crippen LogP) is 5.74. The lowest BCUT2D eigenvalue weighted by molar-refractivity contribution is -0.317. The molecule has 0 amide bonds. The van der Waals surface area contributed by atoms with E-state index in [1.807, 2.05) is 39.0 Å². The first-order valence-electron chi connectivity index (χ1n) is 25.7. The van der Waals surface area contributed by atoms with Gasteiger partial charge in [0, 0.05) is 64.8 Å². The normalized spacial score (nSPS) is 46.5. The fourth-order valence-corrected chi connectivity index (χ4v) is 13.2. The number of rotatable bonds is 11. The van der Waals surface area contributed by atoms with Gasteiger partial charge in [0.05, 0.1) is 49.3 Å². The fourth-order valence-electron chi connectivity index (χ4n) is 11.8. The van der Waals surface area contributed by atoms with E-state index in [1.165, 1.54) is 11.4 Å². The first-order chi connectivity index (χ1) is 33.3. The second-order valence-corrected chi connectivity index (χ2v) is 22.7. The van der Waals surface area contributed by atoms with Crippen LogP contribution in [0.1, 0.15) is 107 Å². The lowest BCUT2D eigenvalue weighted by Crippen LogP contribution is -2.58. The van der Waals surface area contributed by atoms with Crippen molar-refractivity contribution in [1.82, 2.24) is 4.31 Å². The monoisotopic (exact) mass is 1010 g/mol. The van der Waals surface area contributed by atoms with Gasteiger partial charge in [-0.15, -0.1) is 0 Å². The first-order valence-corrected chi connectivity index (χ1v) is 27.0. The standard InChI is InChI=1S/C52H79NO16S/c1-11-29(2)46-32(5)19-20-51(68-46)27-38-24-37(67-51)18-17-31(4)45(30(3)15-14-16-36-28-61-49-44(54)33(6)23-39(50(55)64-38)52(36,49)56)65-42-25-40(59-9)47(34(7)62-42)66-43-26-41(60-10)48(35(8)63-43)69-70(57,58)53-21-12-13-22-53/h14-17,19-20,23,29-30,32,34-35,37-49,54,56H,11-13,18,21-22,24-28H2,1-10H3/b15-14+,31-17+,36-16+/t29?,30-,32-,34-,35-,37+,38-,39-,40-,41-,42-,43-,44+,45-,46+,47-,48-,49+,51+,52+/m0/s1. The Labute approximate surface area is 415 Å². The van der Waals surface area contributed by atoms with Crippen LogP contribution in [0, 0.1) is 23.7 Å². The molecule has 0 aromatic carbocycles. The summed E-state index contributed by atoms with van der Waals surface area (Å²) < 4.78 is 97.8. The molecule has 0 saturated carbocycles. The molecular weight excluding hydrogens is 927 g/mol. The van der Waals surface area contributed by atoms with Gasteiger partial charge >= 0.3 is 16.3 Å². The van der Waals surface area contributed by atoms with Crippen molar-refractivity contribution in [3.63, 3.8) is 0 Å². The molecule has 5 saturated heterocycles. The highest BCUT2D eigenvalue weighted by Crippen LogP contribution is 2.47. The number of fused-ring (bicyclic) bond motifs is 2. The van der Waals surface area contributed by atoms with Gasteiger partial charge in [0.2, 0.25) is 0 Å². The largest absolute Gasteiger partial charge is 0.462 e. The van der Waals surface area contributed by atoms with Gasteiger partial charge in [0.15, 0.2) is 18.4 Å². The summed E-state index contributed by atoms with van der Waals surface area (Å²) in [7, 11) is -0.815. The van der Waals surface area contributed by atoms with E-state index < -0.39 is 113 Å². The van der Waals surface area contributed by atoms with Crippen LogP contribution in [-0.2, 0) is 66.7 Å². The van der Waals surface area contributed by atoms with Crippen LogP contribution in [0.3, 0.4) is 0 Å². The molecule has 7 aliphatic heterocycles. The van der Waals surface area contributed by atoms with Gasteiger partial charge in [-0.2, -0.15) is 12.7 Å². The zero-order chi connectivity index (χ0) is 50.3. The number of aliphatic hydroxyl groups excluding tert-OH is 1. The van der Waals surface area contributed by atoms with Crippen molar-refractivity contribution in [2.24, 2.45) is 23.7 Å². The van der Waals surface area contributed by atoms with E-state index in [0.717, 1.165) is 24.8 Å². The number of nitrogens with zero attached hydrogens (tertiary/aromatic N) is 1. The van der Waals surface area contributed by atoms with E-state index in [1.54, 1.807) is 33.1 Å². The van der Waals surface area contributed by atoms with Crippen LogP contribution >= 0.6 is 0 Å². The zero-order valence-electron chi connectivity index (χ0n) is 42.7. The van der Waals surface area contributed by atoms with E-state index in [9.17, 15) is 23.4 Å². The molecule has 8 rings (SSSR count). The predicted molar refractivity (Wildman–Crippen MR) is 256 cm³/mol. The summed E-state index contributed by atoms with van der Waals surface area (Å²) in [6.45, 7) is 16.8. The topological polar surface area (TPSA) is 196 Å². The van der Waals surface area contributed by atoms with Crippen LogP contribution in [0.4, 0.5) is 0 Å². The number of carbonyl (C=O) groups excluding carboxylic acids is 1. The molecule has 2 bridgehead atoms. The summed E-state index contributed by atoms with van der Waals surface area (Å²) in [5.41, 5.74) is 0.0513. The molecule has 5 fully saturated rings. The maximum absolute atomic E-state index is 14.4. The highest BCUT2D eigenvalue weighted by Gasteiger charge is 2.60. The summed E-state index contributed by atoms with van der Waals surface area (Å²) in [6, 6.07) is 0. The minimum atomic E-state index is -3.96. The van der Waals surface area contributed by atoms with Crippen molar-refractivity contribution in [3.8, 4) is 0 Å². The molecule has 70 heavy (non-hydrogen) atoms. The number of hydrogen-bond donors (Lipinski definition) is 2. The number of hydrogen-bond acceptors (Lipinski definition) is 16. The van der Waals surface area contributed by atoms with E-state index in [4.69, 9.17) is 51.6 Å². The van der Waals surface area contributed by atoms with Crippen molar-refractivity contribution >= 4 is 16.3 Å². The van der Waals surface area contributed by atoms with E-state index in [2.05, 4.69) is 32.9 Å². The van der Waals surface area contributed by atoms with E-state index >= 15 is 0 Å². The lowest BCUT2D eigenvalue weighted by atomic mass is 9.71. The number of carbonyl (C=O) groups is 1. The molecule has 0 aromatic heterocycles. The van der Waals surface area contributed by atoms with Crippen LogP contribution in [0.2, 0.25) is 0 Å². The number of allylic oxidation sites excluding steroid dienone is 2. The number of methoxy groups -OCH3 is 2. The van der Waals surface area contributed by atoms with Gasteiger partial charge in [-0.25, -0.2) is 4.18 Å². The molecule has 1 spiro atoms. The third-order valence-electron chi connectivity index (χ3n) is 16.1. The van der Waals surface area contributed by atoms with Crippen molar-refractivity contribution in [2.75, 3.05) is 33.9 Å².